The summed E-state index contributed by atoms with van der Waals surface area (Å²) in [6.07, 6.45) is 0.520. The Bertz CT molecular complexity index is 312. The normalized spacial score (nSPS) is 12.4. The van der Waals surface area contributed by atoms with E-state index in [1.165, 1.54) is 0 Å². The predicted octanol–water partition coefficient (Wildman–Crippen LogP) is 1.24. The summed E-state index contributed by atoms with van der Waals surface area (Å²) in [5, 5.41) is 8.84. The van der Waals surface area contributed by atoms with E-state index in [0.717, 1.165) is 0 Å². The van der Waals surface area contributed by atoms with Gasteiger partial charge in [-0.1, -0.05) is 13.0 Å². The van der Waals surface area contributed by atoms with Crippen molar-refractivity contribution < 1.29 is 9.90 Å². The lowest BCUT2D eigenvalue weighted by Crippen LogP contribution is -2.12. The maximum Gasteiger partial charge on any atom is 0.312 e. The topological polar surface area (TPSA) is 76.2 Å². The van der Waals surface area contributed by atoms with Crippen LogP contribution in [0, 0.1) is 0 Å². The number of anilines is 1. The van der Waals surface area contributed by atoms with Gasteiger partial charge in [0.15, 0.2) is 0 Å². The first kappa shape index (κ1) is 9.51. The molecule has 1 aromatic rings. The van der Waals surface area contributed by atoms with Crippen molar-refractivity contribution in [1.29, 1.82) is 0 Å². The third kappa shape index (κ3) is 2.18. The monoisotopic (exact) mass is 180 g/mol. The summed E-state index contributed by atoms with van der Waals surface area (Å²) in [5.41, 5.74) is 5.97. The van der Waals surface area contributed by atoms with Gasteiger partial charge in [-0.2, -0.15) is 0 Å². The molecule has 4 nitrogen and oxygen atoms in total. The van der Waals surface area contributed by atoms with Gasteiger partial charge in [0.05, 0.1) is 11.6 Å². The number of carbonyl (C=O) groups is 1. The highest BCUT2D eigenvalue weighted by Gasteiger charge is 2.18. The minimum Gasteiger partial charge on any atom is -0.481 e. The van der Waals surface area contributed by atoms with E-state index < -0.39 is 11.9 Å². The highest BCUT2D eigenvalue weighted by molar-refractivity contribution is 5.75. The van der Waals surface area contributed by atoms with E-state index in [2.05, 4.69) is 4.98 Å². The Kier molecular flexibility index (Phi) is 2.84. The SMILES string of the molecule is CCC(C(=O)O)c1cccc(N)n1. The minimum absolute atomic E-state index is 0.359. The molecule has 1 unspecified atom stereocenters. The van der Waals surface area contributed by atoms with Gasteiger partial charge in [0, 0.05) is 0 Å². The Morgan fingerprint density at radius 1 is 1.69 bits per heavy atom. The number of pyridine rings is 1. The molecule has 1 atom stereocenters. The van der Waals surface area contributed by atoms with Gasteiger partial charge in [-0.15, -0.1) is 0 Å². The first-order valence-electron chi connectivity index (χ1n) is 4.10. The maximum absolute atomic E-state index is 10.8. The summed E-state index contributed by atoms with van der Waals surface area (Å²) in [7, 11) is 0. The van der Waals surface area contributed by atoms with Crippen LogP contribution < -0.4 is 5.73 Å². The van der Waals surface area contributed by atoms with Crippen LogP contribution in [-0.4, -0.2) is 16.1 Å². The molecule has 0 spiro atoms. The molecular weight excluding hydrogens is 168 g/mol. The van der Waals surface area contributed by atoms with Gasteiger partial charge < -0.3 is 10.8 Å². The number of rotatable bonds is 3. The Morgan fingerprint density at radius 2 is 2.38 bits per heavy atom. The van der Waals surface area contributed by atoms with Crippen LogP contribution >= 0.6 is 0 Å². The Balaban J connectivity index is 2.98. The average molecular weight is 180 g/mol. The van der Waals surface area contributed by atoms with E-state index in [4.69, 9.17) is 10.8 Å². The highest BCUT2D eigenvalue weighted by Crippen LogP contribution is 2.17. The van der Waals surface area contributed by atoms with Crippen molar-refractivity contribution in [3.05, 3.63) is 23.9 Å². The quantitative estimate of drug-likeness (QED) is 0.733. The molecule has 1 rings (SSSR count). The minimum atomic E-state index is -0.861. The number of aliphatic carboxylic acids is 1. The number of hydrogen-bond acceptors (Lipinski definition) is 3. The molecule has 3 N–H and O–H groups in total. The molecule has 0 aliphatic heterocycles. The van der Waals surface area contributed by atoms with E-state index in [1.807, 2.05) is 6.92 Å². The molecule has 1 aromatic heterocycles. The lowest BCUT2D eigenvalue weighted by Gasteiger charge is -2.08. The molecule has 0 aliphatic carbocycles. The van der Waals surface area contributed by atoms with Crippen molar-refractivity contribution in [1.82, 2.24) is 4.98 Å². The summed E-state index contributed by atoms with van der Waals surface area (Å²) < 4.78 is 0. The number of nitrogens with zero attached hydrogens (tertiary/aromatic N) is 1. The van der Waals surface area contributed by atoms with Crippen LogP contribution in [0.2, 0.25) is 0 Å². The van der Waals surface area contributed by atoms with E-state index in [0.29, 0.717) is 17.9 Å². The van der Waals surface area contributed by atoms with Crippen molar-refractivity contribution in [2.45, 2.75) is 19.3 Å². The maximum atomic E-state index is 10.8. The molecule has 0 fully saturated rings. The Hall–Kier alpha value is -1.58. The third-order valence-corrected chi connectivity index (χ3v) is 1.86. The molecule has 0 aliphatic rings. The molecular formula is C9H12N2O2. The highest BCUT2D eigenvalue weighted by atomic mass is 16.4. The fourth-order valence-corrected chi connectivity index (χ4v) is 1.17. The van der Waals surface area contributed by atoms with Crippen LogP contribution in [0.5, 0.6) is 0 Å². The lowest BCUT2D eigenvalue weighted by molar-refractivity contribution is -0.138. The van der Waals surface area contributed by atoms with Crippen molar-refractivity contribution in [3.63, 3.8) is 0 Å². The largest absolute Gasteiger partial charge is 0.481 e. The molecule has 4 heteroatoms. The number of carboxylic acids is 1. The number of nitrogens with two attached hydrogens (primary N) is 1. The van der Waals surface area contributed by atoms with Crippen molar-refractivity contribution >= 4 is 11.8 Å². The van der Waals surface area contributed by atoms with E-state index in [9.17, 15) is 4.79 Å². The summed E-state index contributed by atoms with van der Waals surface area (Å²) in [4.78, 5) is 14.7. The first-order chi connectivity index (χ1) is 6.15. The lowest BCUT2D eigenvalue weighted by atomic mass is 10.0. The number of aromatic nitrogens is 1. The fraction of sp³-hybridized carbons (Fsp3) is 0.333. The van der Waals surface area contributed by atoms with Crippen LogP contribution in [0.25, 0.3) is 0 Å². The van der Waals surface area contributed by atoms with Crippen LogP contribution in [0.15, 0.2) is 18.2 Å². The predicted molar refractivity (Wildman–Crippen MR) is 49.3 cm³/mol. The van der Waals surface area contributed by atoms with Crippen LogP contribution in [0.4, 0.5) is 5.82 Å². The van der Waals surface area contributed by atoms with Crippen LogP contribution in [-0.2, 0) is 4.79 Å². The smallest absolute Gasteiger partial charge is 0.312 e. The van der Waals surface area contributed by atoms with Gasteiger partial charge in [-0.25, -0.2) is 4.98 Å². The molecule has 0 aromatic carbocycles. The van der Waals surface area contributed by atoms with Gasteiger partial charge in [-0.05, 0) is 18.6 Å². The average Bonchev–Trinajstić information content (AvgIpc) is 2.04. The van der Waals surface area contributed by atoms with Gasteiger partial charge in [0.2, 0.25) is 0 Å². The number of carboxylic acid groups (broad SMARTS) is 1. The van der Waals surface area contributed by atoms with E-state index >= 15 is 0 Å². The summed E-state index contributed by atoms with van der Waals surface area (Å²) in [6, 6.07) is 5.03. The van der Waals surface area contributed by atoms with Crippen molar-refractivity contribution in [2.75, 3.05) is 5.73 Å². The Labute approximate surface area is 76.4 Å². The first-order valence-corrected chi connectivity index (χ1v) is 4.10. The zero-order chi connectivity index (χ0) is 9.84. The second kappa shape index (κ2) is 3.89. The van der Waals surface area contributed by atoms with Gasteiger partial charge in [0.1, 0.15) is 5.82 Å². The summed E-state index contributed by atoms with van der Waals surface area (Å²) in [6.45, 7) is 1.81. The summed E-state index contributed by atoms with van der Waals surface area (Å²) in [5.74, 6) is -1.05. The molecule has 0 saturated heterocycles. The third-order valence-electron chi connectivity index (χ3n) is 1.86. The van der Waals surface area contributed by atoms with Crippen molar-refractivity contribution in [3.8, 4) is 0 Å². The zero-order valence-corrected chi connectivity index (χ0v) is 7.40. The van der Waals surface area contributed by atoms with Gasteiger partial charge in [-0.3, -0.25) is 4.79 Å². The molecule has 0 radical (unpaired) electrons. The fourth-order valence-electron chi connectivity index (χ4n) is 1.17. The van der Waals surface area contributed by atoms with Gasteiger partial charge >= 0.3 is 5.97 Å². The molecule has 70 valence electrons. The summed E-state index contributed by atoms with van der Waals surface area (Å²) >= 11 is 0. The van der Waals surface area contributed by atoms with Crippen molar-refractivity contribution in [2.24, 2.45) is 0 Å². The molecule has 13 heavy (non-hydrogen) atoms. The molecule has 1 heterocycles. The second-order valence-corrected chi connectivity index (χ2v) is 2.79. The molecule has 0 bridgehead atoms. The van der Waals surface area contributed by atoms with Gasteiger partial charge in [0.25, 0.3) is 0 Å². The molecule has 0 amide bonds. The second-order valence-electron chi connectivity index (χ2n) is 2.79. The standard InChI is InChI=1S/C9H12N2O2/c1-2-6(9(12)13)7-4-3-5-8(10)11-7/h3-6H,2H2,1H3,(H2,10,11)(H,12,13). The Morgan fingerprint density at radius 3 is 2.85 bits per heavy atom. The van der Waals surface area contributed by atoms with E-state index in [1.54, 1.807) is 18.2 Å². The molecule has 0 saturated carbocycles. The van der Waals surface area contributed by atoms with Crippen LogP contribution in [0.1, 0.15) is 25.0 Å². The zero-order valence-electron chi connectivity index (χ0n) is 7.40. The van der Waals surface area contributed by atoms with E-state index in [-0.39, 0.29) is 0 Å². The number of hydrogen-bond donors (Lipinski definition) is 2. The number of nitrogen functional groups attached to an aromatic ring is 1. The van der Waals surface area contributed by atoms with Crippen LogP contribution in [0.3, 0.4) is 0 Å².